The molecule has 0 saturated heterocycles. The number of carbonyl (C=O) groups is 1. The summed E-state index contributed by atoms with van der Waals surface area (Å²) >= 11 is 1.19. The SMILES string of the molecule is Cc1cc([N+](=O)[O-])c(NC(=O)c2ccccc2)s1. The van der Waals surface area contributed by atoms with Crippen LogP contribution in [0.5, 0.6) is 0 Å². The van der Waals surface area contributed by atoms with Gasteiger partial charge in [0, 0.05) is 16.5 Å². The van der Waals surface area contributed by atoms with E-state index in [4.69, 9.17) is 0 Å². The van der Waals surface area contributed by atoms with Crippen molar-refractivity contribution in [2.75, 3.05) is 5.32 Å². The van der Waals surface area contributed by atoms with Crippen molar-refractivity contribution in [1.29, 1.82) is 0 Å². The summed E-state index contributed by atoms with van der Waals surface area (Å²) in [6, 6.07) is 10.0. The lowest BCUT2D eigenvalue weighted by Gasteiger charge is -2.01. The number of benzene rings is 1. The Labute approximate surface area is 107 Å². The predicted octanol–water partition coefficient (Wildman–Crippen LogP) is 3.22. The average Bonchev–Trinajstić information content (AvgIpc) is 2.71. The molecular formula is C12H10N2O3S. The fraction of sp³-hybridized carbons (Fsp3) is 0.0833. The number of thiophene rings is 1. The van der Waals surface area contributed by atoms with Crippen LogP contribution in [0.2, 0.25) is 0 Å². The molecule has 18 heavy (non-hydrogen) atoms. The summed E-state index contributed by atoms with van der Waals surface area (Å²) in [4.78, 5) is 23.0. The Morgan fingerprint density at radius 3 is 2.61 bits per heavy atom. The molecule has 0 aliphatic rings. The van der Waals surface area contributed by atoms with Crippen LogP contribution in [0.25, 0.3) is 0 Å². The van der Waals surface area contributed by atoms with Gasteiger partial charge in [-0.2, -0.15) is 0 Å². The molecule has 1 N–H and O–H groups in total. The Hall–Kier alpha value is -2.21. The molecule has 0 aliphatic carbocycles. The number of aryl methyl sites for hydroxylation is 1. The largest absolute Gasteiger partial charge is 0.308 e. The van der Waals surface area contributed by atoms with Crippen molar-refractivity contribution >= 4 is 27.9 Å². The summed E-state index contributed by atoms with van der Waals surface area (Å²) in [5.74, 6) is -0.347. The molecule has 5 nitrogen and oxygen atoms in total. The molecule has 6 heteroatoms. The Bertz CT molecular complexity index is 593. The second kappa shape index (κ2) is 4.97. The number of hydrogen-bond acceptors (Lipinski definition) is 4. The van der Waals surface area contributed by atoms with E-state index in [1.165, 1.54) is 17.4 Å². The number of amides is 1. The molecule has 0 atom stereocenters. The Morgan fingerprint density at radius 2 is 2.00 bits per heavy atom. The van der Waals surface area contributed by atoms with Gasteiger partial charge in [-0.3, -0.25) is 14.9 Å². The van der Waals surface area contributed by atoms with Gasteiger partial charge in [0.15, 0.2) is 5.00 Å². The summed E-state index contributed by atoms with van der Waals surface area (Å²) in [5.41, 5.74) is 0.402. The van der Waals surface area contributed by atoms with Crippen LogP contribution in [-0.4, -0.2) is 10.8 Å². The van der Waals surface area contributed by atoms with Gasteiger partial charge < -0.3 is 5.32 Å². The third-order valence-electron chi connectivity index (χ3n) is 2.30. The van der Waals surface area contributed by atoms with Crippen LogP contribution < -0.4 is 5.32 Å². The summed E-state index contributed by atoms with van der Waals surface area (Å²) in [6.45, 7) is 1.76. The maximum atomic E-state index is 11.9. The normalized spacial score (nSPS) is 10.1. The standard InChI is InChI=1S/C12H10N2O3S/c1-8-7-10(14(16)17)12(18-8)13-11(15)9-5-3-2-4-6-9/h2-7H,1H3,(H,13,15). The van der Waals surface area contributed by atoms with Crippen molar-refractivity contribution in [2.45, 2.75) is 6.92 Å². The van der Waals surface area contributed by atoms with Crippen molar-refractivity contribution < 1.29 is 9.72 Å². The fourth-order valence-corrected chi connectivity index (χ4v) is 2.37. The minimum absolute atomic E-state index is 0.0678. The van der Waals surface area contributed by atoms with Gasteiger partial charge in [-0.25, -0.2) is 0 Å². The minimum Gasteiger partial charge on any atom is -0.308 e. The van der Waals surface area contributed by atoms with E-state index >= 15 is 0 Å². The highest BCUT2D eigenvalue weighted by molar-refractivity contribution is 7.16. The summed E-state index contributed by atoms with van der Waals surface area (Å²) in [5, 5.41) is 13.7. The average molecular weight is 262 g/mol. The van der Waals surface area contributed by atoms with E-state index in [2.05, 4.69) is 5.32 Å². The van der Waals surface area contributed by atoms with Gasteiger partial charge in [-0.05, 0) is 19.1 Å². The van der Waals surface area contributed by atoms with Gasteiger partial charge in [0.1, 0.15) is 0 Å². The molecule has 0 radical (unpaired) electrons. The van der Waals surface area contributed by atoms with E-state index in [1.54, 1.807) is 37.3 Å². The highest BCUT2D eigenvalue weighted by Gasteiger charge is 2.19. The first kappa shape index (κ1) is 12.3. The van der Waals surface area contributed by atoms with Crippen LogP contribution in [-0.2, 0) is 0 Å². The number of anilines is 1. The smallest absolute Gasteiger partial charge is 0.304 e. The number of hydrogen-bond donors (Lipinski definition) is 1. The summed E-state index contributed by atoms with van der Waals surface area (Å²) in [6.07, 6.45) is 0. The zero-order chi connectivity index (χ0) is 13.1. The summed E-state index contributed by atoms with van der Waals surface area (Å²) in [7, 11) is 0. The topological polar surface area (TPSA) is 72.2 Å². The van der Waals surface area contributed by atoms with E-state index in [0.717, 1.165) is 4.88 Å². The second-order valence-corrected chi connectivity index (χ2v) is 4.90. The highest BCUT2D eigenvalue weighted by Crippen LogP contribution is 2.34. The first-order valence-corrected chi connectivity index (χ1v) is 6.01. The minimum atomic E-state index is -0.496. The number of nitrogens with zero attached hydrogens (tertiary/aromatic N) is 1. The van der Waals surface area contributed by atoms with Gasteiger partial charge in [-0.1, -0.05) is 18.2 Å². The molecule has 0 spiro atoms. The van der Waals surface area contributed by atoms with Crippen LogP contribution in [0.3, 0.4) is 0 Å². The van der Waals surface area contributed by atoms with E-state index < -0.39 is 4.92 Å². The molecule has 92 valence electrons. The third-order valence-corrected chi connectivity index (χ3v) is 3.25. The van der Waals surface area contributed by atoms with Crippen molar-refractivity contribution in [3.63, 3.8) is 0 Å². The molecule has 0 unspecified atom stereocenters. The van der Waals surface area contributed by atoms with Gasteiger partial charge in [0.05, 0.1) is 4.92 Å². The Kier molecular flexibility index (Phi) is 3.38. The maximum Gasteiger partial charge on any atom is 0.304 e. The molecule has 1 amide bonds. The first-order valence-electron chi connectivity index (χ1n) is 5.19. The van der Waals surface area contributed by atoms with Crippen LogP contribution in [0.15, 0.2) is 36.4 Å². The molecule has 2 rings (SSSR count). The Balaban J connectivity index is 2.25. The highest BCUT2D eigenvalue weighted by atomic mass is 32.1. The maximum absolute atomic E-state index is 11.9. The van der Waals surface area contributed by atoms with Crippen molar-refractivity contribution in [1.82, 2.24) is 0 Å². The van der Waals surface area contributed by atoms with Crippen molar-refractivity contribution in [2.24, 2.45) is 0 Å². The van der Waals surface area contributed by atoms with Crippen LogP contribution in [0, 0.1) is 17.0 Å². The number of nitro groups is 1. The van der Waals surface area contributed by atoms with E-state index in [0.29, 0.717) is 5.56 Å². The van der Waals surface area contributed by atoms with Crippen LogP contribution in [0.4, 0.5) is 10.7 Å². The molecule has 0 bridgehead atoms. The number of rotatable bonds is 3. The van der Waals surface area contributed by atoms with Gasteiger partial charge >= 0.3 is 5.69 Å². The van der Waals surface area contributed by atoms with E-state index in [9.17, 15) is 14.9 Å². The van der Waals surface area contributed by atoms with Crippen LogP contribution in [0.1, 0.15) is 15.2 Å². The number of nitrogens with one attached hydrogen (secondary N) is 1. The molecular weight excluding hydrogens is 252 g/mol. The molecule has 1 heterocycles. The lowest BCUT2D eigenvalue weighted by molar-refractivity contribution is -0.383. The summed E-state index contributed by atoms with van der Waals surface area (Å²) < 4.78 is 0. The van der Waals surface area contributed by atoms with Gasteiger partial charge in [0.25, 0.3) is 5.91 Å². The quantitative estimate of drug-likeness (QED) is 0.681. The van der Waals surface area contributed by atoms with E-state index in [1.807, 2.05) is 0 Å². The molecule has 1 aromatic heterocycles. The Morgan fingerprint density at radius 1 is 1.33 bits per heavy atom. The monoisotopic (exact) mass is 262 g/mol. The van der Waals surface area contributed by atoms with Gasteiger partial charge in [-0.15, -0.1) is 11.3 Å². The predicted molar refractivity (Wildman–Crippen MR) is 70.1 cm³/mol. The van der Waals surface area contributed by atoms with Crippen molar-refractivity contribution in [3.8, 4) is 0 Å². The first-order chi connectivity index (χ1) is 8.58. The zero-order valence-corrected chi connectivity index (χ0v) is 10.4. The number of carbonyl (C=O) groups excluding carboxylic acids is 1. The molecule has 2 aromatic rings. The third kappa shape index (κ3) is 2.54. The lowest BCUT2D eigenvalue weighted by Crippen LogP contribution is -2.11. The van der Waals surface area contributed by atoms with Gasteiger partial charge in [0.2, 0.25) is 0 Å². The second-order valence-electron chi connectivity index (χ2n) is 3.65. The zero-order valence-electron chi connectivity index (χ0n) is 9.54. The molecule has 0 aliphatic heterocycles. The fourth-order valence-electron chi connectivity index (χ4n) is 1.49. The molecule has 0 fully saturated rings. The molecule has 1 aromatic carbocycles. The van der Waals surface area contributed by atoms with E-state index in [-0.39, 0.29) is 16.6 Å². The lowest BCUT2D eigenvalue weighted by atomic mass is 10.2. The van der Waals surface area contributed by atoms with Crippen LogP contribution >= 0.6 is 11.3 Å². The van der Waals surface area contributed by atoms with Crippen molar-refractivity contribution in [3.05, 3.63) is 57.0 Å². The molecule has 0 saturated carbocycles.